The Hall–Kier alpha value is -0.390. The van der Waals surface area contributed by atoms with Crippen molar-refractivity contribution in [3.63, 3.8) is 0 Å². The molecule has 4 nitrogen and oxygen atoms in total. The molecular weight excluding hydrogens is 258 g/mol. The number of allylic oxidation sites excluding steroid dienone is 1. The molecule has 0 radical (unpaired) electrons. The third kappa shape index (κ3) is 3.59. The van der Waals surface area contributed by atoms with Gasteiger partial charge in [0.1, 0.15) is 6.67 Å². The van der Waals surface area contributed by atoms with Crippen molar-refractivity contribution < 1.29 is 4.74 Å². The van der Waals surface area contributed by atoms with Gasteiger partial charge in [-0.15, -0.1) is 0 Å². The number of hydrogen-bond donors (Lipinski definition) is 0. The van der Waals surface area contributed by atoms with Crippen molar-refractivity contribution in [3.05, 3.63) is 10.7 Å². The van der Waals surface area contributed by atoms with Crippen LogP contribution in [0.2, 0.25) is 0 Å². The van der Waals surface area contributed by atoms with Crippen molar-refractivity contribution in [1.29, 1.82) is 0 Å². The maximum Gasteiger partial charge on any atom is 0.109 e. The largest absolute Gasteiger partial charge is 0.379 e. The van der Waals surface area contributed by atoms with E-state index in [4.69, 9.17) is 4.74 Å². The smallest absolute Gasteiger partial charge is 0.109 e. The maximum absolute atomic E-state index is 5.31. The third-order valence-corrected chi connectivity index (χ3v) is 3.00. The lowest BCUT2D eigenvalue weighted by Crippen LogP contribution is -2.40. The van der Waals surface area contributed by atoms with Gasteiger partial charge in [0.2, 0.25) is 0 Å². The predicted octanol–water partition coefficient (Wildman–Crippen LogP) is 0.899. The van der Waals surface area contributed by atoms with Gasteiger partial charge in [-0.2, -0.15) is 0 Å². The number of rotatable bonds is 3. The van der Waals surface area contributed by atoms with Crippen molar-refractivity contribution >= 4 is 22.1 Å². The molecule has 0 atom stereocenters. The highest BCUT2D eigenvalue weighted by molar-refractivity contribution is 9.12. The van der Waals surface area contributed by atoms with Crippen LogP contribution in [0.25, 0.3) is 0 Å². The third-order valence-electron chi connectivity index (χ3n) is 2.59. The van der Waals surface area contributed by atoms with E-state index in [1.807, 2.05) is 6.21 Å². The molecule has 1 saturated heterocycles. The van der Waals surface area contributed by atoms with Crippen LogP contribution in [0.1, 0.15) is 0 Å². The molecule has 2 heterocycles. The summed E-state index contributed by atoms with van der Waals surface area (Å²) < 4.78 is 6.36. The fourth-order valence-electron chi connectivity index (χ4n) is 1.71. The van der Waals surface area contributed by atoms with Gasteiger partial charge in [-0.3, -0.25) is 9.89 Å². The molecule has 84 valence electrons. The molecule has 0 aromatic rings. The lowest BCUT2D eigenvalue weighted by Gasteiger charge is -2.29. The summed E-state index contributed by atoms with van der Waals surface area (Å²) in [6.07, 6.45) is 3.96. The molecule has 2 aliphatic rings. The van der Waals surface area contributed by atoms with E-state index in [1.54, 1.807) is 0 Å². The average Bonchev–Trinajstić information content (AvgIpc) is 2.28. The second-order valence-electron chi connectivity index (χ2n) is 3.73. The van der Waals surface area contributed by atoms with E-state index in [9.17, 15) is 0 Å². The van der Waals surface area contributed by atoms with Crippen LogP contribution in [0.5, 0.6) is 0 Å². The number of morpholine rings is 1. The second-order valence-corrected chi connectivity index (χ2v) is 4.65. The molecule has 0 bridgehead atoms. The summed E-state index contributed by atoms with van der Waals surface area (Å²) in [5, 5.41) is 0. The molecule has 15 heavy (non-hydrogen) atoms. The molecule has 0 aromatic carbocycles. The summed E-state index contributed by atoms with van der Waals surface area (Å²) in [5.74, 6) is 0. The molecule has 0 N–H and O–H groups in total. The van der Waals surface area contributed by atoms with Crippen molar-refractivity contribution in [2.24, 2.45) is 4.99 Å². The van der Waals surface area contributed by atoms with E-state index in [-0.39, 0.29) is 0 Å². The van der Waals surface area contributed by atoms with Crippen LogP contribution in [-0.2, 0) is 4.74 Å². The highest BCUT2D eigenvalue weighted by atomic mass is 79.9. The van der Waals surface area contributed by atoms with Gasteiger partial charge in [-0.1, -0.05) is 0 Å². The van der Waals surface area contributed by atoms with Crippen LogP contribution in [0.4, 0.5) is 0 Å². The zero-order chi connectivity index (χ0) is 10.5. The summed E-state index contributed by atoms with van der Waals surface area (Å²) in [6, 6.07) is 0. The topological polar surface area (TPSA) is 28.1 Å². The zero-order valence-electron chi connectivity index (χ0n) is 8.73. The Labute approximate surface area is 98.7 Å². The first kappa shape index (κ1) is 11.1. The minimum Gasteiger partial charge on any atom is -0.379 e. The molecule has 0 amide bonds. The molecular formula is C10H16BrN3O. The van der Waals surface area contributed by atoms with Crippen LogP contribution in [-0.4, -0.2) is 62.1 Å². The van der Waals surface area contributed by atoms with E-state index < -0.39 is 0 Å². The standard InChI is InChI=1S/C10H16BrN3O/c11-10-7-12-9-14(8-10)2-1-13-3-5-15-6-4-13/h7-8H,1-6,9H2. The highest BCUT2D eigenvalue weighted by Crippen LogP contribution is 2.09. The normalized spacial score (nSPS) is 23.0. The van der Waals surface area contributed by atoms with E-state index in [2.05, 4.69) is 36.9 Å². The Morgan fingerprint density at radius 1 is 1.33 bits per heavy atom. The van der Waals surface area contributed by atoms with Crippen LogP contribution in [0.15, 0.2) is 15.7 Å². The summed E-state index contributed by atoms with van der Waals surface area (Å²) >= 11 is 3.43. The number of hydrogen-bond acceptors (Lipinski definition) is 4. The van der Waals surface area contributed by atoms with Gasteiger partial charge in [-0.25, -0.2) is 0 Å². The number of halogens is 1. The molecule has 5 heteroatoms. The SMILES string of the molecule is BrC1=CN(CCN2CCOCC2)CN=C1. The van der Waals surface area contributed by atoms with E-state index in [0.717, 1.165) is 50.5 Å². The number of aliphatic imine (C=N–C) groups is 1. The van der Waals surface area contributed by atoms with Gasteiger partial charge in [0.25, 0.3) is 0 Å². The second kappa shape index (κ2) is 5.63. The monoisotopic (exact) mass is 273 g/mol. The van der Waals surface area contributed by atoms with Crippen LogP contribution >= 0.6 is 15.9 Å². The summed E-state index contributed by atoms with van der Waals surface area (Å²) in [7, 11) is 0. The molecule has 0 unspecified atom stereocenters. The fraction of sp³-hybridized carbons (Fsp3) is 0.700. The van der Waals surface area contributed by atoms with Crippen LogP contribution in [0, 0.1) is 0 Å². The molecule has 0 saturated carbocycles. The number of nitrogens with zero attached hydrogens (tertiary/aromatic N) is 3. The minimum atomic E-state index is 0.777. The van der Waals surface area contributed by atoms with Crippen molar-refractivity contribution in [1.82, 2.24) is 9.80 Å². The van der Waals surface area contributed by atoms with Gasteiger partial charge < -0.3 is 9.64 Å². The van der Waals surface area contributed by atoms with Gasteiger partial charge in [-0.05, 0) is 15.9 Å². The van der Waals surface area contributed by atoms with Crippen LogP contribution in [0.3, 0.4) is 0 Å². The van der Waals surface area contributed by atoms with E-state index in [1.165, 1.54) is 0 Å². The number of ether oxygens (including phenoxy) is 1. The average molecular weight is 274 g/mol. The molecule has 0 spiro atoms. The van der Waals surface area contributed by atoms with Gasteiger partial charge >= 0.3 is 0 Å². The van der Waals surface area contributed by atoms with Crippen molar-refractivity contribution in [3.8, 4) is 0 Å². The van der Waals surface area contributed by atoms with Crippen molar-refractivity contribution in [2.45, 2.75) is 0 Å². The summed E-state index contributed by atoms with van der Waals surface area (Å²) in [6.45, 7) is 6.76. The van der Waals surface area contributed by atoms with Crippen LogP contribution < -0.4 is 0 Å². The molecule has 0 aliphatic carbocycles. The Morgan fingerprint density at radius 3 is 2.87 bits per heavy atom. The first-order valence-electron chi connectivity index (χ1n) is 5.26. The van der Waals surface area contributed by atoms with E-state index >= 15 is 0 Å². The van der Waals surface area contributed by atoms with Crippen molar-refractivity contribution in [2.75, 3.05) is 46.1 Å². The molecule has 0 aromatic heterocycles. The van der Waals surface area contributed by atoms with Gasteiger partial charge in [0, 0.05) is 38.6 Å². The summed E-state index contributed by atoms with van der Waals surface area (Å²) in [5.41, 5.74) is 0. The Morgan fingerprint density at radius 2 is 2.13 bits per heavy atom. The molecule has 2 aliphatic heterocycles. The molecule has 1 fully saturated rings. The quantitative estimate of drug-likeness (QED) is 0.765. The zero-order valence-corrected chi connectivity index (χ0v) is 10.3. The highest BCUT2D eigenvalue weighted by Gasteiger charge is 2.11. The lowest BCUT2D eigenvalue weighted by atomic mass is 10.4. The minimum absolute atomic E-state index is 0.777. The Bertz CT molecular complexity index is 261. The fourth-order valence-corrected chi connectivity index (χ4v) is 2.15. The maximum atomic E-state index is 5.31. The first-order valence-corrected chi connectivity index (χ1v) is 6.05. The Balaban J connectivity index is 1.71. The molecule has 2 rings (SSSR count). The lowest BCUT2D eigenvalue weighted by molar-refractivity contribution is 0.0353. The Kier molecular flexibility index (Phi) is 4.17. The summed E-state index contributed by atoms with van der Waals surface area (Å²) in [4.78, 5) is 8.90. The first-order chi connectivity index (χ1) is 7.34. The predicted molar refractivity (Wildman–Crippen MR) is 64.3 cm³/mol. The van der Waals surface area contributed by atoms with Gasteiger partial charge in [0.15, 0.2) is 0 Å². The van der Waals surface area contributed by atoms with Gasteiger partial charge in [0.05, 0.1) is 17.7 Å². The van der Waals surface area contributed by atoms with E-state index in [0.29, 0.717) is 0 Å².